The van der Waals surface area contributed by atoms with Crippen molar-refractivity contribution in [3.05, 3.63) is 81.5 Å². The lowest BCUT2D eigenvalue weighted by Crippen LogP contribution is -2.50. The van der Waals surface area contributed by atoms with Crippen LogP contribution in [0.2, 0.25) is 0 Å². The smallest absolute Gasteiger partial charge is 0.355 e. The molecule has 30 heavy (non-hydrogen) atoms. The summed E-state index contributed by atoms with van der Waals surface area (Å²) in [6.45, 7) is 0. The van der Waals surface area contributed by atoms with Gasteiger partial charge in [-0.25, -0.2) is 14.4 Å². The minimum atomic E-state index is -1.08. The van der Waals surface area contributed by atoms with Gasteiger partial charge in [-0.3, -0.25) is 15.0 Å². The fraction of sp³-hybridized carbons (Fsp3) is 0.150. The highest BCUT2D eigenvalue weighted by Crippen LogP contribution is 2.35. The fourth-order valence-electron chi connectivity index (χ4n) is 3.10. The Morgan fingerprint density at radius 2 is 1.60 bits per heavy atom. The minimum absolute atomic E-state index is 0.163. The molecule has 0 aromatic heterocycles. The van der Waals surface area contributed by atoms with Gasteiger partial charge in [-0.2, -0.15) is 0 Å². The highest BCUT2D eigenvalue weighted by Gasteiger charge is 2.42. The number of nitrogens with one attached hydrogen (secondary N) is 1. The third-order valence-corrected chi connectivity index (χ3v) is 4.47. The average molecular weight is 411 g/mol. The summed E-state index contributed by atoms with van der Waals surface area (Å²) in [7, 11) is 2.27. The molecule has 2 amide bonds. The number of urea groups is 1. The minimum Gasteiger partial charge on any atom is -0.466 e. The summed E-state index contributed by atoms with van der Waals surface area (Å²) in [4.78, 5) is 49.6. The number of para-hydroxylation sites is 1. The molecule has 0 fully saturated rings. The number of hydrogen-bond acceptors (Lipinski definition) is 7. The van der Waals surface area contributed by atoms with E-state index in [4.69, 9.17) is 9.47 Å². The van der Waals surface area contributed by atoms with Crippen molar-refractivity contribution < 1.29 is 28.8 Å². The predicted molar refractivity (Wildman–Crippen MR) is 104 cm³/mol. The molecule has 10 nitrogen and oxygen atoms in total. The number of rotatable bonds is 5. The number of benzene rings is 2. The maximum atomic E-state index is 13.0. The van der Waals surface area contributed by atoms with Crippen LogP contribution in [0.25, 0.3) is 0 Å². The summed E-state index contributed by atoms with van der Waals surface area (Å²) in [5.41, 5.74) is 0.0512. The van der Waals surface area contributed by atoms with Crippen molar-refractivity contribution in [3.63, 3.8) is 0 Å². The first kappa shape index (κ1) is 20.5. The van der Waals surface area contributed by atoms with Crippen LogP contribution in [-0.4, -0.2) is 37.1 Å². The molecular formula is C20H17N3O7. The molecule has 0 radical (unpaired) electrons. The summed E-state index contributed by atoms with van der Waals surface area (Å²) < 4.78 is 9.69. The van der Waals surface area contributed by atoms with Crippen LogP contribution in [-0.2, 0) is 19.1 Å². The highest BCUT2D eigenvalue weighted by atomic mass is 16.6. The second-order valence-electron chi connectivity index (χ2n) is 6.15. The van der Waals surface area contributed by atoms with Crippen molar-refractivity contribution >= 4 is 29.3 Å². The number of methoxy groups -OCH3 is 2. The number of non-ortho nitro benzene ring substituents is 1. The van der Waals surface area contributed by atoms with Gasteiger partial charge in [0.25, 0.3) is 5.69 Å². The topological polar surface area (TPSA) is 128 Å². The SMILES string of the molecule is COC(=O)C1=C(C(=O)OC)N(c2ccccc2)C(=O)N[C@@H]1c1ccc([N+](=O)[O-])cc1. The Balaban J connectivity index is 2.23. The van der Waals surface area contributed by atoms with E-state index in [1.807, 2.05) is 0 Å². The molecule has 3 rings (SSSR count). The van der Waals surface area contributed by atoms with Crippen LogP contribution in [0.4, 0.5) is 16.2 Å². The largest absolute Gasteiger partial charge is 0.466 e. The molecule has 0 spiro atoms. The summed E-state index contributed by atoms with van der Waals surface area (Å²) >= 11 is 0. The molecule has 1 N–H and O–H groups in total. The number of nitrogens with zero attached hydrogens (tertiary/aromatic N) is 2. The van der Waals surface area contributed by atoms with Gasteiger partial charge in [0.1, 0.15) is 5.70 Å². The molecule has 1 heterocycles. The van der Waals surface area contributed by atoms with Gasteiger partial charge in [0.15, 0.2) is 0 Å². The molecule has 1 aliphatic rings. The van der Waals surface area contributed by atoms with Crippen molar-refractivity contribution in [2.45, 2.75) is 6.04 Å². The van der Waals surface area contributed by atoms with Crippen LogP contribution in [0.1, 0.15) is 11.6 Å². The molecular weight excluding hydrogens is 394 g/mol. The molecule has 0 bridgehead atoms. The van der Waals surface area contributed by atoms with E-state index < -0.39 is 28.9 Å². The van der Waals surface area contributed by atoms with Crippen LogP contribution in [0.15, 0.2) is 65.9 Å². The Morgan fingerprint density at radius 1 is 1.00 bits per heavy atom. The summed E-state index contributed by atoms with van der Waals surface area (Å²) in [5.74, 6) is -1.78. The number of nitro groups is 1. The number of nitro benzene ring substituents is 1. The molecule has 1 atom stereocenters. The Hall–Kier alpha value is -4.21. The molecule has 0 aliphatic carbocycles. The first-order valence-electron chi connectivity index (χ1n) is 8.69. The van der Waals surface area contributed by atoms with Crippen LogP contribution in [0.5, 0.6) is 0 Å². The number of carbonyl (C=O) groups is 3. The van der Waals surface area contributed by atoms with Gasteiger partial charge < -0.3 is 14.8 Å². The van der Waals surface area contributed by atoms with Gasteiger partial charge in [-0.1, -0.05) is 18.2 Å². The molecule has 0 saturated carbocycles. The molecule has 1 aliphatic heterocycles. The predicted octanol–water partition coefficient (Wildman–Crippen LogP) is 2.47. The summed E-state index contributed by atoms with van der Waals surface area (Å²) in [6.07, 6.45) is 0. The van der Waals surface area contributed by atoms with Crippen molar-refractivity contribution in [1.29, 1.82) is 0 Å². The second kappa shape index (κ2) is 8.43. The lowest BCUT2D eigenvalue weighted by atomic mass is 9.94. The number of hydrogen-bond donors (Lipinski definition) is 1. The Morgan fingerprint density at radius 3 is 2.13 bits per heavy atom. The van der Waals surface area contributed by atoms with Crippen LogP contribution < -0.4 is 10.2 Å². The van der Waals surface area contributed by atoms with Gasteiger partial charge in [0.05, 0.1) is 36.4 Å². The first-order valence-corrected chi connectivity index (χ1v) is 8.69. The maximum Gasteiger partial charge on any atom is 0.355 e. The number of amides is 2. The Labute approximate surface area is 170 Å². The van der Waals surface area contributed by atoms with Gasteiger partial charge in [0, 0.05) is 12.1 Å². The van der Waals surface area contributed by atoms with Gasteiger partial charge >= 0.3 is 18.0 Å². The van der Waals surface area contributed by atoms with E-state index in [1.54, 1.807) is 30.3 Å². The van der Waals surface area contributed by atoms with Crippen molar-refractivity contribution in [3.8, 4) is 0 Å². The number of esters is 2. The van der Waals surface area contributed by atoms with E-state index in [0.717, 1.165) is 19.1 Å². The van der Waals surface area contributed by atoms with Crippen LogP contribution in [0, 0.1) is 10.1 Å². The number of anilines is 1. The molecule has 2 aromatic rings. The molecule has 0 saturated heterocycles. The lowest BCUT2D eigenvalue weighted by molar-refractivity contribution is -0.384. The zero-order valence-electron chi connectivity index (χ0n) is 16.0. The standard InChI is InChI=1S/C20H17N3O7/c1-29-18(24)15-16(12-8-10-14(11-9-12)23(27)28)21-20(26)22(17(15)19(25)30-2)13-6-4-3-5-7-13/h3-11,16H,1-2H3,(H,21,26)/t16-/m1/s1. The third kappa shape index (κ3) is 3.70. The van der Waals surface area contributed by atoms with E-state index in [2.05, 4.69) is 5.32 Å². The zero-order chi connectivity index (χ0) is 21.8. The zero-order valence-corrected chi connectivity index (χ0v) is 16.0. The van der Waals surface area contributed by atoms with Crippen LogP contribution >= 0.6 is 0 Å². The molecule has 10 heteroatoms. The lowest BCUT2D eigenvalue weighted by Gasteiger charge is -2.35. The highest BCUT2D eigenvalue weighted by molar-refractivity contribution is 6.13. The normalized spacial score (nSPS) is 16.0. The quantitative estimate of drug-likeness (QED) is 0.455. The second-order valence-corrected chi connectivity index (χ2v) is 6.15. The van der Waals surface area contributed by atoms with Crippen molar-refractivity contribution in [2.75, 3.05) is 19.1 Å². The van der Waals surface area contributed by atoms with Gasteiger partial charge in [0.2, 0.25) is 0 Å². The van der Waals surface area contributed by atoms with E-state index in [9.17, 15) is 24.5 Å². The molecule has 2 aromatic carbocycles. The summed E-state index contributed by atoms with van der Waals surface area (Å²) in [5, 5.41) is 13.6. The van der Waals surface area contributed by atoms with E-state index in [1.165, 1.54) is 24.3 Å². The summed E-state index contributed by atoms with van der Waals surface area (Å²) in [6, 6.07) is 11.7. The Bertz CT molecular complexity index is 1030. The fourth-order valence-corrected chi connectivity index (χ4v) is 3.10. The molecule has 0 unspecified atom stereocenters. The molecule has 154 valence electrons. The van der Waals surface area contributed by atoms with E-state index in [0.29, 0.717) is 11.3 Å². The van der Waals surface area contributed by atoms with Crippen molar-refractivity contribution in [2.24, 2.45) is 0 Å². The third-order valence-electron chi connectivity index (χ3n) is 4.47. The van der Waals surface area contributed by atoms with Crippen molar-refractivity contribution in [1.82, 2.24) is 5.32 Å². The number of ether oxygens (including phenoxy) is 2. The van der Waals surface area contributed by atoms with Gasteiger partial charge in [-0.15, -0.1) is 0 Å². The monoisotopic (exact) mass is 411 g/mol. The van der Waals surface area contributed by atoms with E-state index in [-0.39, 0.29) is 17.0 Å². The van der Waals surface area contributed by atoms with E-state index >= 15 is 0 Å². The average Bonchev–Trinajstić information content (AvgIpc) is 2.77. The van der Waals surface area contributed by atoms with Crippen LogP contribution in [0.3, 0.4) is 0 Å². The van der Waals surface area contributed by atoms with Gasteiger partial charge in [-0.05, 0) is 29.8 Å². The first-order chi connectivity index (χ1) is 14.4. The Kier molecular flexibility index (Phi) is 5.77. The maximum absolute atomic E-state index is 13.0. The number of carbonyl (C=O) groups excluding carboxylic acids is 3.